The van der Waals surface area contributed by atoms with Crippen LogP contribution in [0.1, 0.15) is 25.7 Å². The number of esters is 1. The molecule has 4 nitrogen and oxygen atoms in total. The molecule has 2 rings (SSSR count). The zero-order valence-electron chi connectivity index (χ0n) is 9.41. The highest BCUT2D eigenvalue weighted by Gasteiger charge is 2.51. The number of hydrogen-bond acceptors (Lipinski definition) is 4. The van der Waals surface area contributed by atoms with Crippen molar-refractivity contribution in [3.05, 3.63) is 0 Å². The standard InChI is InChI=1S/C11H19NO3/c1-14-9-5-11(6-9,10(13)15-2)12-7-8-3-4-8/h8-9,12H,3-7H2,1-2H3. The van der Waals surface area contributed by atoms with Crippen LogP contribution in [-0.4, -0.2) is 38.4 Å². The molecule has 1 N–H and O–H groups in total. The first-order valence-electron chi connectivity index (χ1n) is 5.56. The second-order valence-electron chi connectivity index (χ2n) is 4.66. The van der Waals surface area contributed by atoms with Gasteiger partial charge < -0.3 is 14.8 Å². The summed E-state index contributed by atoms with van der Waals surface area (Å²) >= 11 is 0. The largest absolute Gasteiger partial charge is 0.468 e. The third kappa shape index (κ3) is 2.16. The van der Waals surface area contributed by atoms with Crippen molar-refractivity contribution >= 4 is 5.97 Å². The molecule has 2 aliphatic carbocycles. The first kappa shape index (κ1) is 10.9. The van der Waals surface area contributed by atoms with Gasteiger partial charge in [-0.3, -0.25) is 4.79 Å². The van der Waals surface area contributed by atoms with Crippen molar-refractivity contribution in [2.45, 2.75) is 37.3 Å². The molecule has 0 amide bonds. The topological polar surface area (TPSA) is 47.6 Å². The predicted molar refractivity (Wildman–Crippen MR) is 55.5 cm³/mol. The number of carbonyl (C=O) groups excluding carboxylic acids is 1. The fourth-order valence-electron chi connectivity index (χ4n) is 2.12. The van der Waals surface area contributed by atoms with E-state index in [0.29, 0.717) is 0 Å². The summed E-state index contributed by atoms with van der Waals surface area (Å²) in [5.41, 5.74) is -0.460. The van der Waals surface area contributed by atoms with Gasteiger partial charge in [0.15, 0.2) is 0 Å². The number of ether oxygens (including phenoxy) is 2. The Kier molecular flexibility index (Phi) is 2.98. The molecule has 0 atom stereocenters. The van der Waals surface area contributed by atoms with E-state index in [1.807, 2.05) is 0 Å². The molecule has 0 aromatic rings. The van der Waals surface area contributed by atoms with Crippen LogP contribution in [-0.2, 0) is 14.3 Å². The van der Waals surface area contributed by atoms with Gasteiger partial charge in [-0.25, -0.2) is 0 Å². The Hall–Kier alpha value is -0.610. The molecule has 0 aromatic carbocycles. The molecule has 0 heterocycles. The Balaban J connectivity index is 1.88. The van der Waals surface area contributed by atoms with Gasteiger partial charge in [-0.15, -0.1) is 0 Å². The van der Waals surface area contributed by atoms with Gasteiger partial charge in [0, 0.05) is 20.0 Å². The predicted octanol–water partition coefficient (Wildman–Crippen LogP) is 0.707. The smallest absolute Gasteiger partial charge is 0.326 e. The highest BCUT2D eigenvalue weighted by molar-refractivity contribution is 5.82. The summed E-state index contributed by atoms with van der Waals surface area (Å²) in [4.78, 5) is 11.7. The summed E-state index contributed by atoms with van der Waals surface area (Å²) in [7, 11) is 3.13. The SMILES string of the molecule is COC(=O)C1(NCC2CC2)CC(OC)C1. The summed E-state index contributed by atoms with van der Waals surface area (Å²) in [6.07, 6.45) is 4.26. The van der Waals surface area contributed by atoms with Gasteiger partial charge in [0.05, 0.1) is 13.2 Å². The Morgan fingerprint density at radius 2 is 2.07 bits per heavy atom. The van der Waals surface area contributed by atoms with Crippen molar-refractivity contribution in [3.63, 3.8) is 0 Å². The highest BCUT2D eigenvalue weighted by Crippen LogP contribution is 2.37. The Labute approximate surface area is 90.3 Å². The van der Waals surface area contributed by atoms with Crippen LogP contribution < -0.4 is 5.32 Å². The number of nitrogens with one attached hydrogen (secondary N) is 1. The molecule has 0 unspecified atom stereocenters. The maximum atomic E-state index is 11.7. The van der Waals surface area contributed by atoms with Gasteiger partial charge in [0.2, 0.25) is 0 Å². The van der Waals surface area contributed by atoms with Crippen LogP contribution in [0.3, 0.4) is 0 Å². The average Bonchev–Trinajstić information content (AvgIpc) is 2.99. The average molecular weight is 213 g/mol. The number of hydrogen-bond donors (Lipinski definition) is 1. The molecule has 2 fully saturated rings. The summed E-state index contributed by atoms with van der Waals surface area (Å²) in [6, 6.07) is 0. The maximum Gasteiger partial charge on any atom is 0.326 e. The van der Waals surface area contributed by atoms with E-state index in [1.54, 1.807) is 7.11 Å². The van der Waals surface area contributed by atoms with Crippen LogP contribution in [0.15, 0.2) is 0 Å². The molecule has 4 heteroatoms. The van der Waals surface area contributed by atoms with Crippen LogP contribution in [0, 0.1) is 5.92 Å². The van der Waals surface area contributed by atoms with E-state index in [0.717, 1.165) is 25.3 Å². The zero-order valence-corrected chi connectivity index (χ0v) is 9.41. The Bertz CT molecular complexity index is 244. The third-order valence-electron chi connectivity index (χ3n) is 3.49. The lowest BCUT2D eigenvalue weighted by Gasteiger charge is -2.45. The second-order valence-corrected chi connectivity index (χ2v) is 4.66. The van der Waals surface area contributed by atoms with E-state index in [9.17, 15) is 4.79 Å². The van der Waals surface area contributed by atoms with E-state index < -0.39 is 5.54 Å². The quantitative estimate of drug-likeness (QED) is 0.683. The molecule has 0 aromatic heterocycles. The van der Waals surface area contributed by atoms with Crippen LogP contribution >= 0.6 is 0 Å². The molecule has 0 saturated heterocycles. The minimum atomic E-state index is -0.460. The lowest BCUT2D eigenvalue weighted by atomic mass is 9.74. The van der Waals surface area contributed by atoms with E-state index in [-0.39, 0.29) is 12.1 Å². The molecule has 15 heavy (non-hydrogen) atoms. The van der Waals surface area contributed by atoms with Crippen molar-refractivity contribution in [2.75, 3.05) is 20.8 Å². The van der Waals surface area contributed by atoms with Crippen LogP contribution in [0.2, 0.25) is 0 Å². The van der Waals surface area contributed by atoms with Crippen LogP contribution in [0.4, 0.5) is 0 Å². The van der Waals surface area contributed by atoms with Gasteiger partial charge in [-0.1, -0.05) is 0 Å². The molecule has 86 valence electrons. The highest BCUT2D eigenvalue weighted by atomic mass is 16.5. The zero-order chi connectivity index (χ0) is 10.9. The summed E-state index contributed by atoms with van der Waals surface area (Å²) < 4.78 is 10.1. The minimum Gasteiger partial charge on any atom is -0.468 e. The minimum absolute atomic E-state index is 0.142. The molecule has 0 spiro atoms. The van der Waals surface area contributed by atoms with Crippen molar-refractivity contribution in [1.82, 2.24) is 5.32 Å². The van der Waals surface area contributed by atoms with E-state index in [1.165, 1.54) is 20.0 Å². The van der Waals surface area contributed by atoms with Gasteiger partial charge in [-0.05, 0) is 25.3 Å². The summed E-state index contributed by atoms with van der Waals surface area (Å²) in [5, 5.41) is 3.35. The van der Waals surface area contributed by atoms with Crippen molar-refractivity contribution < 1.29 is 14.3 Å². The lowest BCUT2D eigenvalue weighted by Crippen LogP contribution is -2.63. The number of carbonyl (C=O) groups is 1. The fraction of sp³-hybridized carbons (Fsp3) is 0.909. The monoisotopic (exact) mass is 213 g/mol. The summed E-state index contributed by atoms with van der Waals surface area (Å²) in [6.45, 7) is 0.936. The van der Waals surface area contributed by atoms with Gasteiger partial charge in [0.1, 0.15) is 5.54 Å². The van der Waals surface area contributed by atoms with Crippen molar-refractivity contribution in [2.24, 2.45) is 5.92 Å². The first-order valence-corrected chi connectivity index (χ1v) is 5.56. The van der Waals surface area contributed by atoms with Gasteiger partial charge in [-0.2, -0.15) is 0 Å². The first-order chi connectivity index (χ1) is 7.20. The van der Waals surface area contributed by atoms with E-state index >= 15 is 0 Å². The van der Waals surface area contributed by atoms with Gasteiger partial charge in [0.25, 0.3) is 0 Å². The molecular weight excluding hydrogens is 194 g/mol. The van der Waals surface area contributed by atoms with Crippen molar-refractivity contribution in [3.8, 4) is 0 Å². The fourth-order valence-corrected chi connectivity index (χ4v) is 2.12. The number of methoxy groups -OCH3 is 2. The third-order valence-corrected chi connectivity index (χ3v) is 3.49. The lowest BCUT2D eigenvalue weighted by molar-refractivity contribution is -0.160. The normalized spacial score (nSPS) is 34.7. The van der Waals surface area contributed by atoms with Crippen LogP contribution in [0.25, 0.3) is 0 Å². The molecular formula is C11H19NO3. The molecule has 2 aliphatic rings. The Morgan fingerprint density at radius 1 is 1.40 bits per heavy atom. The second kappa shape index (κ2) is 4.10. The molecule has 2 saturated carbocycles. The van der Waals surface area contributed by atoms with E-state index in [4.69, 9.17) is 9.47 Å². The molecule has 0 aliphatic heterocycles. The molecule has 0 bridgehead atoms. The van der Waals surface area contributed by atoms with Gasteiger partial charge >= 0.3 is 5.97 Å². The number of rotatable bonds is 5. The van der Waals surface area contributed by atoms with E-state index in [2.05, 4.69) is 5.32 Å². The maximum absolute atomic E-state index is 11.7. The van der Waals surface area contributed by atoms with Crippen LogP contribution in [0.5, 0.6) is 0 Å². The van der Waals surface area contributed by atoms with Crippen molar-refractivity contribution in [1.29, 1.82) is 0 Å². The summed E-state index contributed by atoms with van der Waals surface area (Å²) in [5.74, 6) is 0.629. The molecule has 0 radical (unpaired) electrons. The Morgan fingerprint density at radius 3 is 2.53 bits per heavy atom.